The summed E-state index contributed by atoms with van der Waals surface area (Å²) in [6.45, 7) is 0. The summed E-state index contributed by atoms with van der Waals surface area (Å²) in [6, 6.07) is 1.80. The van der Waals surface area contributed by atoms with Gasteiger partial charge in [0.1, 0.15) is 0 Å². The molecule has 0 fully saturated rings. The number of Topliss-reactive ketones (excluding diaryl/α,β-unsaturated/α-hetero) is 1. The van der Waals surface area contributed by atoms with Crippen LogP contribution in [0.25, 0.3) is 0 Å². The van der Waals surface area contributed by atoms with E-state index in [-0.39, 0.29) is 6.42 Å². The Hall–Kier alpha value is -0.480. The molecule has 1 rings (SSSR count). The summed E-state index contributed by atoms with van der Waals surface area (Å²) in [6.07, 6.45) is 0.109. The number of ketones is 1. The van der Waals surface area contributed by atoms with E-state index in [1.807, 2.05) is 10.8 Å². The molecule has 0 amide bonds. The summed E-state index contributed by atoms with van der Waals surface area (Å²) in [7, 11) is 0. The van der Waals surface area contributed by atoms with Crippen LogP contribution in [0.5, 0.6) is 0 Å². The number of hydrogen-bond donors (Lipinski definition) is 0. The number of thiophene rings is 1. The normalized spacial score (nSPS) is 11.6. The zero-order valence-electron chi connectivity index (χ0n) is 6.60. The van der Waals surface area contributed by atoms with E-state index in [0.29, 0.717) is 6.42 Å². The minimum absolute atomic E-state index is 0.215. The molecule has 0 aliphatic rings. The van der Waals surface area contributed by atoms with Crippen molar-refractivity contribution < 1.29 is 13.6 Å². The molecule has 0 aliphatic heterocycles. The number of alkyl halides is 3. The second-order valence-corrected chi connectivity index (χ2v) is 3.81. The molecule has 0 spiro atoms. The van der Waals surface area contributed by atoms with Crippen LogP contribution in [-0.4, -0.2) is 11.2 Å². The SMILES string of the molecule is O=C(CCc1ccsc1)C(F)(F)Cl. The predicted octanol–water partition coefficient (Wildman–Crippen LogP) is 3.08. The van der Waals surface area contributed by atoms with Crippen molar-refractivity contribution in [2.45, 2.75) is 18.2 Å². The average Bonchev–Trinajstić information content (AvgIpc) is 2.50. The highest BCUT2D eigenvalue weighted by Crippen LogP contribution is 2.22. The zero-order valence-corrected chi connectivity index (χ0v) is 8.17. The maximum absolute atomic E-state index is 12.2. The minimum Gasteiger partial charge on any atom is -0.291 e. The topological polar surface area (TPSA) is 17.1 Å². The number of carbonyl (C=O) groups is 1. The highest BCUT2D eigenvalue weighted by atomic mass is 35.5. The van der Waals surface area contributed by atoms with Crippen LogP contribution in [0.3, 0.4) is 0 Å². The Balaban J connectivity index is 2.40. The van der Waals surface area contributed by atoms with Gasteiger partial charge in [-0.1, -0.05) is 0 Å². The first-order valence-corrected chi connectivity index (χ1v) is 4.93. The molecular formula is C8H7ClF2OS. The largest absolute Gasteiger partial charge is 0.380 e. The number of halogens is 3. The Labute approximate surface area is 83.3 Å². The van der Waals surface area contributed by atoms with Gasteiger partial charge in [0, 0.05) is 6.42 Å². The molecule has 1 heterocycles. The van der Waals surface area contributed by atoms with Crippen LogP contribution in [-0.2, 0) is 11.2 Å². The lowest BCUT2D eigenvalue weighted by Crippen LogP contribution is -2.21. The Bertz CT molecular complexity index is 279. The fraction of sp³-hybridized carbons (Fsp3) is 0.375. The van der Waals surface area contributed by atoms with Gasteiger partial charge >= 0.3 is 5.38 Å². The van der Waals surface area contributed by atoms with E-state index < -0.39 is 11.2 Å². The summed E-state index contributed by atoms with van der Waals surface area (Å²) < 4.78 is 24.3. The first kappa shape index (κ1) is 10.6. The molecule has 0 radical (unpaired) electrons. The molecule has 0 aliphatic carbocycles. The molecule has 0 unspecified atom stereocenters. The molecule has 0 bridgehead atoms. The molecule has 1 aromatic rings. The van der Waals surface area contributed by atoms with E-state index in [0.717, 1.165) is 5.56 Å². The van der Waals surface area contributed by atoms with Gasteiger partial charge in [-0.05, 0) is 40.4 Å². The lowest BCUT2D eigenvalue weighted by atomic mass is 10.1. The van der Waals surface area contributed by atoms with Crippen LogP contribution in [0, 0.1) is 0 Å². The first-order chi connectivity index (χ1) is 6.00. The van der Waals surface area contributed by atoms with Gasteiger partial charge in [0.05, 0.1) is 0 Å². The van der Waals surface area contributed by atoms with Crippen molar-refractivity contribution in [3.63, 3.8) is 0 Å². The molecule has 0 saturated carbocycles. The Morgan fingerprint density at radius 1 is 1.62 bits per heavy atom. The van der Waals surface area contributed by atoms with E-state index >= 15 is 0 Å². The minimum atomic E-state index is -3.71. The molecule has 1 aromatic heterocycles. The maximum Gasteiger partial charge on any atom is 0.380 e. The zero-order chi connectivity index (χ0) is 9.90. The van der Waals surface area contributed by atoms with Crippen LogP contribution >= 0.6 is 22.9 Å². The van der Waals surface area contributed by atoms with E-state index in [4.69, 9.17) is 0 Å². The number of carbonyl (C=O) groups excluding carboxylic acids is 1. The maximum atomic E-state index is 12.2. The standard InChI is InChI=1S/C8H7ClF2OS/c9-8(10,11)7(12)2-1-6-3-4-13-5-6/h3-5H,1-2H2. The van der Waals surface area contributed by atoms with Gasteiger partial charge in [0.25, 0.3) is 0 Å². The van der Waals surface area contributed by atoms with E-state index in [1.165, 1.54) is 11.3 Å². The van der Waals surface area contributed by atoms with Crippen molar-refractivity contribution in [3.8, 4) is 0 Å². The van der Waals surface area contributed by atoms with Gasteiger partial charge in [-0.2, -0.15) is 20.1 Å². The summed E-state index contributed by atoms with van der Waals surface area (Å²) in [5, 5.41) is -0.0612. The smallest absolute Gasteiger partial charge is 0.291 e. The molecular weight excluding hydrogens is 218 g/mol. The van der Waals surface area contributed by atoms with Crippen molar-refractivity contribution in [3.05, 3.63) is 22.4 Å². The lowest BCUT2D eigenvalue weighted by Gasteiger charge is -2.04. The fourth-order valence-corrected chi connectivity index (χ4v) is 1.63. The van der Waals surface area contributed by atoms with Gasteiger partial charge in [-0.15, -0.1) is 0 Å². The summed E-state index contributed by atoms with van der Waals surface area (Å²) in [4.78, 5) is 10.7. The fourth-order valence-electron chi connectivity index (χ4n) is 0.835. The van der Waals surface area contributed by atoms with Crippen molar-refractivity contribution in [2.24, 2.45) is 0 Å². The van der Waals surface area contributed by atoms with Crippen LogP contribution < -0.4 is 0 Å². The van der Waals surface area contributed by atoms with E-state index in [1.54, 1.807) is 6.07 Å². The monoisotopic (exact) mass is 224 g/mol. The predicted molar refractivity (Wildman–Crippen MR) is 48.4 cm³/mol. The summed E-state index contributed by atoms with van der Waals surface area (Å²) in [5.74, 6) is -1.22. The molecule has 13 heavy (non-hydrogen) atoms. The second kappa shape index (κ2) is 4.15. The number of rotatable bonds is 4. The summed E-state index contributed by atoms with van der Waals surface area (Å²) >= 11 is 6.01. The highest BCUT2D eigenvalue weighted by Gasteiger charge is 2.34. The molecule has 0 aromatic carbocycles. The molecule has 5 heteroatoms. The molecule has 1 nitrogen and oxygen atoms in total. The molecule has 0 saturated heterocycles. The first-order valence-electron chi connectivity index (χ1n) is 3.61. The number of hydrogen-bond acceptors (Lipinski definition) is 2. The highest BCUT2D eigenvalue weighted by molar-refractivity contribution is 7.07. The summed E-state index contributed by atoms with van der Waals surface area (Å²) in [5.41, 5.74) is 0.888. The van der Waals surface area contributed by atoms with Crippen molar-refractivity contribution in [2.75, 3.05) is 0 Å². The van der Waals surface area contributed by atoms with Crippen LogP contribution in [0.1, 0.15) is 12.0 Å². The van der Waals surface area contributed by atoms with E-state index in [9.17, 15) is 13.6 Å². The van der Waals surface area contributed by atoms with Crippen molar-refractivity contribution in [1.82, 2.24) is 0 Å². The van der Waals surface area contributed by atoms with Gasteiger partial charge in [-0.3, -0.25) is 4.79 Å². The van der Waals surface area contributed by atoms with Crippen LogP contribution in [0.4, 0.5) is 8.78 Å². The average molecular weight is 225 g/mol. The van der Waals surface area contributed by atoms with Gasteiger partial charge in [-0.25, -0.2) is 0 Å². The third kappa shape index (κ3) is 3.40. The van der Waals surface area contributed by atoms with Crippen LogP contribution in [0.15, 0.2) is 16.8 Å². The molecule has 0 atom stereocenters. The van der Waals surface area contributed by atoms with Crippen molar-refractivity contribution in [1.29, 1.82) is 0 Å². The third-order valence-corrected chi connectivity index (χ3v) is 2.48. The quantitative estimate of drug-likeness (QED) is 0.719. The lowest BCUT2D eigenvalue weighted by molar-refractivity contribution is -0.133. The second-order valence-electron chi connectivity index (χ2n) is 2.55. The molecule has 72 valence electrons. The Morgan fingerprint density at radius 2 is 2.31 bits per heavy atom. The van der Waals surface area contributed by atoms with Gasteiger partial charge in [0.15, 0.2) is 0 Å². The molecule has 0 N–H and O–H groups in total. The van der Waals surface area contributed by atoms with Gasteiger partial charge in [0.2, 0.25) is 5.78 Å². The van der Waals surface area contributed by atoms with E-state index in [2.05, 4.69) is 11.6 Å². The Kier molecular flexibility index (Phi) is 3.39. The van der Waals surface area contributed by atoms with Crippen LogP contribution in [0.2, 0.25) is 0 Å². The number of aryl methyl sites for hydroxylation is 1. The van der Waals surface area contributed by atoms with Gasteiger partial charge < -0.3 is 0 Å². The third-order valence-electron chi connectivity index (χ3n) is 1.54. The Morgan fingerprint density at radius 3 is 2.77 bits per heavy atom. The van der Waals surface area contributed by atoms with Crippen molar-refractivity contribution >= 4 is 28.7 Å².